The molecule has 0 bridgehead atoms. The van der Waals surface area contributed by atoms with Crippen molar-refractivity contribution < 1.29 is 0 Å². The van der Waals surface area contributed by atoms with Gasteiger partial charge in [0.1, 0.15) is 11.7 Å². The van der Waals surface area contributed by atoms with Crippen molar-refractivity contribution in [2.45, 2.75) is 19.9 Å². The molecule has 0 saturated heterocycles. The van der Waals surface area contributed by atoms with Gasteiger partial charge in [-0.3, -0.25) is 4.57 Å². The van der Waals surface area contributed by atoms with E-state index in [-0.39, 0.29) is 11.7 Å². The van der Waals surface area contributed by atoms with Crippen LogP contribution in [0.4, 0.5) is 17.2 Å². The van der Waals surface area contributed by atoms with E-state index in [1.807, 2.05) is 38.1 Å². The van der Waals surface area contributed by atoms with Crippen molar-refractivity contribution in [1.29, 1.82) is 0 Å². The molecule has 2 heterocycles. The van der Waals surface area contributed by atoms with Crippen molar-refractivity contribution in [3.63, 3.8) is 0 Å². The van der Waals surface area contributed by atoms with Gasteiger partial charge in [0.25, 0.3) is 0 Å². The zero-order valence-electron chi connectivity index (χ0n) is 11.3. The molecule has 1 aromatic carbocycles. The summed E-state index contributed by atoms with van der Waals surface area (Å²) in [5, 5.41) is 3.12. The minimum absolute atomic E-state index is 0.0127. The van der Waals surface area contributed by atoms with Gasteiger partial charge in [0.15, 0.2) is 0 Å². The van der Waals surface area contributed by atoms with E-state index in [1.165, 1.54) is 0 Å². The summed E-state index contributed by atoms with van der Waals surface area (Å²) in [7, 11) is 0. The summed E-state index contributed by atoms with van der Waals surface area (Å²) in [6, 6.07) is 7.51. The molecule has 3 N–H and O–H groups in total. The molecule has 2 aromatic rings. The SMILES string of the molecule is CC(C)n1cc2c(nc1=O)Nc1ccccc1N=C2N. The predicted octanol–water partition coefficient (Wildman–Crippen LogP) is 1.92. The van der Waals surface area contributed by atoms with E-state index in [9.17, 15) is 4.79 Å². The number of benzene rings is 1. The average molecular weight is 269 g/mol. The fourth-order valence-corrected chi connectivity index (χ4v) is 2.12. The van der Waals surface area contributed by atoms with Crippen molar-refractivity contribution in [3.05, 3.63) is 46.5 Å². The van der Waals surface area contributed by atoms with Crippen LogP contribution in [0.1, 0.15) is 25.5 Å². The maximum Gasteiger partial charge on any atom is 0.349 e. The number of fused-ring (bicyclic) bond motifs is 2. The molecule has 3 rings (SSSR count). The second-order valence-electron chi connectivity index (χ2n) is 4.93. The van der Waals surface area contributed by atoms with Gasteiger partial charge in [0, 0.05) is 12.2 Å². The number of aliphatic imine (C=N–C) groups is 1. The molecule has 0 amide bonds. The molecule has 1 aromatic heterocycles. The number of aromatic nitrogens is 2. The summed E-state index contributed by atoms with van der Waals surface area (Å²) in [5.74, 6) is 0.789. The lowest BCUT2D eigenvalue weighted by Gasteiger charge is -2.13. The summed E-state index contributed by atoms with van der Waals surface area (Å²) < 4.78 is 1.54. The first-order chi connectivity index (χ1) is 9.56. The molecule has 20 heavy (non-hydrogen) atoms. The molecule has 102 valence electrons. The Kier molecular flexibility index (Phi) is 2.78. The van der Waals surface area contributed by atoms with Crippen molar-refractivity contribution >= 4 is 23.0 Å². The van der Waals surface area contributed by atoms with Gasteiger partial charge in [-0.15, -0.1) is 0 Å². The highest BCUT2D eigenvalue weighted by Gasteiger charge is 2.18. The molecule has 1 aliphatic rings. The highest BCUT2D eigenvalue weighted by atomic mass is 16.1. The van der Waals surface area contributed by atoms with Crippen LogP contribution in [0.3, 0.4) is 0 Å². The number of rotatable bonds is 1. The lowest BCUT2D eigenvalue weighted by atomic mass is 10.2. The number of para-hydroxylation sites is 2. The Hall–Kier alpha value is -2.63. The number of hydrogen-bond donors (Lipinski definition) is 2. The monoisotopic (exact) mass is 269 g/mol. The molecule has 1 aliphatic heterocycles. The van der Waals surface area contributed by atoms with Crippen molar-refractivity contribution in [2.24, 2.45) is 10.7 Å². The van der Waals surface area contributed by atoms with E-state index < -0.39 is 0 Å². The molecule has 0 fully saturated rings. The first-order valence-electron chi connectivity index (χ1n) is 6.40. The van der Waals surface area contributed by atoms with E-state index in [0.717, 1.165) is 11.4 Å². The third-order valence-corrected chi connectivity index (χ3v) is 3.18. The smallest absolute Gasteiger partial charge is 0.349 e. The number of amidine groups is 1. The van der Waals surface area contributed by atoms with Crippen LogP contribution in [0.2, 0.25) is 0 Å². The van der Waals surface area contributed by atoms with Gasteiger partial charge in [-0.1, -0.05) is 12.1 Å². The third kappa shape index (κ3) is 1.95. The van der Waals surface area contributed by atoms with Gasteiger partial charge in [-0.05, 0) is 26.0 Å². The maximum absolute atomic E-state index is 12.0. The standard InChI is InChI=1S/C14H15N5O/c1-8(2)19-7-9-12(15)16-10-5-3-4-6-11(10)17-13(9)18-14(19)20/h3-8H,1-2H3,(H2,15,16)(H,17,18,20). The molecule has 0 atom stereocenters. The molecule has 0 spiro atoms. The third-order valence-electron chi connectivity index (χ3n) is 3.18. The quantitative estimate of drug-likeness (QED) is 0.828. The second-order valence-corrected chi connectivity index (χ2v) is 4.93. The Bertz CT molecular complexity index is 760. The number of nitrogens with zero attached hydrogens (tertiary/aromatic N) is 3. The van der Waals surface area contributed by atoms with Crippen LogP contribution < -0.4 is 16.7 Å². The Balaban J connectivity index is 2.24. The van der Waals surface area contributed by atoms with Crippen LogP contribution in [0, 0.1) is 0 Å². The molecule has 0 unspecified atom stereocenters. The average Bonchev–Trinajstić information content (AvgIpc) is 2.53. The number of anilines is 2. The van der Waals surface area contributed by atoms with Gasteiger partial charge >= 0.3 is 5.69 Å². The zero-order valence-corrected chi connectivity index (χ0v) is 11.3. The number of hydrogen-bond acceptors (Lipinski definition) is 5. The second kappa shape index (κ2) is 4.48. The van der Waals surface area contributed by atoms with Crippen LogP contribution in [-0.4, -0.2) is 15.4 Å². The van der Waals surface area contributed by atoms with Crippen LogP contribution in [0.5, 0.6) is 0 Å². The molecule has 0 saturated carbocycles. The summed E-state index contributed by atoms with van der Waals surface area (Å²) in [6.45, 7) is 3.84. The van der Waals surface area contributed by atoms with Crippen molar-refractivity contribution in [2.75, 3.05) is 5.32 Å². The summed E-state index contributed by atoms with van der Waals surface area (Å²) in [5.41, 5.74) is 7.87. The molecule has 0 aliphatic carbocycles. The molecule has 0 radical (unpaired) electrons. The normalized spacial score (nSPS) is 13.1. The van der Waals surface area contributed by atoms with Gasteiger partial charge in [-0.2, -0.15) is 4.98 Å². The summed E-state index contributed by atoms with van der Waals surface area (Å²) >= 11 is 0. The Morgan fingerprint density at radius 1 is 1.30 bits per heavy atom. The van der Waals surface area contributed by atoms with Crippen LogP contribution in [0.15, 0.2) is 40.2 Å². The summed E-state index contributed by atoms with van der Waals surface area (Å²) in [6.07, 6.45) is 1.70. The molecular weight excluding hydrogens is 254 g/mol. The zero-order chi connectivity index (χ0) is 14.3. The first kappa shape index (κ1) is 12.4. The van der Waals surface area contributed by atoms with Crippen molar-refractivity contribution in [3.8, 4) is 0 Å². The minimum Gasteiger partial charge on any atom is -0.383 e. The van der Waals surface area contributed by atoms with E-state index in [2.05, 4.69) is 15.3 Å². The van der Waals surface area contributed by atoms with Crippen molar-refractivity contribution in [1.82, 2.24) is 9.55 Å². The molecular formula is C14H15N5O. The highest BCUT2D eigenvalue weighted by Crippen LogP contribution is 2.31. The van der Waals surface area contributed by atoms with Gasteiger partial charge < -0.3 is 11.1 Å². The fraction of sp³-hybridized carbons (Fsp3) is 0.214. The van der Waals surface area contributed by atoms with Crippen LogP contribution in [0.25, 0.3) is 0 Å². The lowest BCUT2D eigenvalue weighted by molar-refractivity contribution is 0.564. The Labute approximate surface area is 116 Å². The summed E-state index contributed by atoms with van der Waals surface area (Å²) in [4.78, 5) is 20.5. The first-order valence-corrected chi connectivity index (χ1v) is 6.40. The minimum atomic E-state index is -0.307. The van der Waals surface area contributed by atoms with Crippen LogP contribution in [-0.2, 0) is 0 Å². The van der Waals surface area contributed by atoms with Crippen LogP contribution >= 0.6 is 0 Å². The largest absolute Gasteiger partial charge is 0.383 e. The lowest BCUT2D eigenvalue weighted by Crippen LogP contribution is -2.28. The molecule has 6 heteroatoms. The number of nitrogens with two attached hydrogens (primary N) is 1. The van der Waals surface area contributed by atoms with E-state index in [1.54, 1.807) is 10.8 Å². The Morgan fingerprint density at radius 3 is 2.80 bits per heavy atom. The molecule has 6 nitrogen and oxygen atoms in total. The van der Waals surface area contributed by atoms with Gasteiger partial charge in [0.2, 0.25) is 0 Å². The number of nitrogens with one attached hydrogen (secondary N) is 1. The Morgan fingerprint density at radius 2 is 2.05 bits per heavy atom. The maximum atomic E-state index is 12.0. The van der Waals surface area contributed by atoms with E-state index in [0.29, 0.717) is 17.2 Å². The van der Waals surface area contributed by atoms with E-state index in [4.69, 9.17) is 5.73 Å². The highest BCUT2D eigenvalue weighted by molar-refractivity contribution is 6.05. The van der Waals surface area contributed by atoms with E-state index >= 15 is 0 Å². The fourth-order valence-electron chi connectivity index (χ4n) is 2.12. The topological polar surface area (TPSA) is 85.3 Å². The van der Waals surface area contributed by atoms with Gasteiger partial charge in [-0.25, -0.2) is 9.79 Å². The predicted molar refractivity (Wildman–Crippen MR) is 79.0 cm³/mol. The van der Waals surface area contributed by atoms with Gasteiger partial charge in [0.05, 0.1) is 16.9 Å².